The Kier molecular flexibility index (Phi) is 21.1. The molecule has 0 fully saturated rings. The summed E-state index contributed by atoms with van der Waals surface area (Å²) in [6.45, 7) is 0. The molecule has 3 nitrogen and oxygen atoms in total. The van der Waals surface area contributed by atoms with Gasteiger partial charge in [-0.1, -0.05) is 0 Å². The molecule has 0 aliphatic rings. The monoisotopic (exact) mass is 97.1 g/mol. The maximum atomic E-state index is 9.43. The van der Waals surface area contributed by atoms with Crippen molar-refractivity contribution in [2.24, 2.45) is 0 Å². The summed E-state index contributed by atoms with van der Waals surface area (Å²) >= 11 is 0. The molecule has 0 saturated heterocycles. The zero-order valence-electron chi connectivity index (χ0n) is 4.88. The average molecular weight is 97.0 g/mol. The average Bonchev–Trinajstić information content (AvgIpc) is 1.38. The summed E-state index contributed by atoms with van der Waals surface area (Å²) in [7, 11) is 3.38. The second-order valence-corrected chi connectivity index (χ2v) is 1.07. The molecule has 0 spiro atoms. The molecule has 0 unspecified atom stereocenters. The minimum atomic E-state index is 0. The van der Waals surface area contributed by atoms with Crippen LogP contribution in [0.15, 0.2) is 0 Å². The number of rotatable bonds is 1. The molecule has 0 bridgehead atoms. The van der Waals surface area contributed by atoms with E-state index in [1.54, 1.807) is 14.1 Å². The molecule has 0 aromatic heterocycles. The van der Waals surface area contributed by atoms with E-state index in [1.807, 2.05) is 0 Å². The van der Waals surface area contributed by atoms with E-state index in [0.29, 0.717) is 0 Å². The quantitative estimate of drug-likeness (QED) is 0.252. The van der Waals surface area contributed by atoms with Gasteiger partial charge in [-0.2, -0.15) is 0 Å². The van der Waals surface area contributed by atoms with Gasteiger partial charge in [0.05, 0.1) is 0 Å². The van der Waals surface area contributed by atoms with E-state index >= 15 is 0 Å². The topological polar surface area (TPSA) is 50.3 Å². The van der Waals surface area contributed by atoms with Crippen molar-refractivity contribution in [3.05, 3.63) is 0 Å². The molecule has 1 amide bonds. The Bertz CT molecular complexity index is 39.9. The minimum Gasteiger partial charge on any atom is -0.870 e. The summed E-state index contributed by atoms with van der Waals surface area (Å²) in [6.07, 6.45) is 0.750. The van der Waals surface area contributed by atoms with Crippen LogP contribution in [0.5, 0.6) is 0 Å². The number of nitrogens with zero attached hydrogens (tertiary/aromatic N) is 1. The number of hydrogen-bond acceptors (Lipinski definition) is 2. The molecular formula is C3H8LiNO2. The number of hydrogen-bond donors (Lipinski definition) is 0. The van der Waals surface area contributed by atoms with Crippen molar-refractivity contribution in [2.75, 3.05) is 14.1 Å². The van der Waals surface area contributed by atoms with Gasteiger partial charge in [0.15, 0.2) is 0 Å². The molecule has 0 aromatic rings. The first-order valence-electron chi connectivity index (χ1n) is 1.39. The molecule has 0 rings (SSSR count). The fourth-order valence-corrected chi connectivity index (χ4v) is 0. The maximum Gasteiger partial charge on any atom is 1.00 e. The SMILES string of the molecule is CN(C)C=O.[Li+].[OH-]. The predicted octanol–water partition coefficient (Wildman–Crippen LogP) is -3.47. The Balaban J connectivity index is -0.0000000800. The van der Waals surface area contributed by atoms with Gasteiger partial charge in [-0.15, -0.1) is 0 Å². The molecular weight excluding hydrogens is 89.0 g/mol. The Labute approximate surface area is 55.2 Å². The van der Waals surface area contributed by atoms with Gasteiger partial charge in [-0.3, -0.25) is 4.79 Å². The first-order chi connectivity index (χ1) is 2.27. The minimum absolute atomic E-state index is 0. The van der Waals surface area contributed by atoms with Gasteiger partial charge >= 0.3 is 18.9 Å². The molecule has 4 heteroatoms. The summed E-state index contributed by atoms with van der Waals surface area (Å²) in [5, 5.41) is 0. The van der Waals surface area contributed by atoms with Crippen LogP contribution in [0, 0.1) is 0 Å². The molecule has 0 radical (unpaired) electrons. The summed E-state index contributed by atoms with van der Waals surface area (Å²) in [5.74, 6) is 0. The normalized spacial score (nSPS) is 4.86. The summed E-state index contributed by atoms with van der Waals surface area (Å²) < 4.78 is 0. The van der Waals surface area contributed by atoms with E-state index in [0.717, 1.165) is 6.41 Å². The molecule has 0 heterocycles. The standard InChI is InChI=1S/C3H7NO.Li.H2O/c1-4(2)3-5;;/h3H,1-2H3;;1H2/q;+1;/p-1. The van der Waals surface area contributed by atoms with Gasteiger partial charge in [-0.05, 0) is 0 Å². The van der Waals surface area contributed by atoms with E-state index in [1.165, 1.54) is 4.90 Å². The fraction of sp³-hybridized carbons (Fsp3) is 0.667. The molecule has 7 heavy (non-hydrogen) atoms. The molecule has 0 atom stereocenters. The molecule has 38 valence electrons. The summed E-state index contributed by atoms with van der Waals surface area (Å²) in [5.41, 5.74) is 0. The largest absolute Gasteiger partial charge is 1.00 e. The third kappa shape index (κ3) is 23.8. The van der Waals surface area contributed by atoms with Gasteiger partial charge in [0.2, 0.25) is 6.41 Å². The molecule has 0 aliphatic heterocycles. The van der Waals surface area contributed by atoms with Crippen molar-refractivity contribution < 1.29 is 29.1 Å². The van der Waals surface area contributed by atoms with Crippen LogP contribution in [0.1, 0.15) is 0 Å². The molecule has 0 saturated carbocycles. The van der Waals surface area contributed by atoms with Crippen LogP contribution in [0.25, 0.3) is 0 Å². The van der Waals surface area contributed by atoms with Crippen LogP contribution in [0.4, 0.5) is 0 Å². The van der Waals surface area contributed by atoms with E-state index in [9.17, 15) is 4.79 Å². The molecule has 0 aliphatic carbocycles. The van der Waals surface area contributed by atoms with Crippen LogP contribution in [-0.2, 0) is 4.79 Å². The van der Waals surface area contributed by atoms with Crippen LogP contribution in [0.2, 0.25) is 0 Å². The Morgan fingerprint density at radius 3 is 1.57 bits per heavy atom. The van der Waals surface area contributed by atoms with Crippen molar-refractivity contribution in [2.45, 2.75) is 0 Å². The van der Waals surface area contributed by atoms with E-state index in [2.05, 4.69) is 0 Å². The van der Waals surface area contributed by atoms with Crippen LogP contribution in [0.3, 0.4) is 0 Å². The second-order valence-electron chi connectivity index (χ2n) is 1.07. The van der Waals surface area contributed by atoms with Crippen molar-refractivity contribution in [3.8, 4) is 0 Å². The summed E-state index contributed by atoms with van der Waals surface area (Å²) in [4.78, 5) is 10.9. The molecule has 1 N–H and O–H groups in total. The smallest absolute Gasteiger partial charge is 0.870 e. The third-order valence-corrected chi connectivity index (χ3v) is 0.211. The third-order valence-electron chi connectivity index (χ3n) is 0.211. The predicted molar refractivity (Wildman–Crippen MR) is 21.7 cm³/mol. The van der Waals surface area contributed by atoms with Crippen LogP contribution < -0.4 is 18.9 Å². The van der Waals surface area contributed by atoms with Gasteiger partial charge in [0.1, 0.15) is 0 Å². The zero-order chi connectivity index (χ0) is 4.28. The van der Waals surface area contributed by atoms with E-state index < -0.39 is 0 Å². The second kappa shape index (κ2) is 9.39. The van der Waals surface area contributed by atoms with E-state index in [-0.39, 0.29) is 24.3 Å². The number of carbonyl (C=O) groups is 1. The van der Waals surface area contributed by atoms with Crippen LogP contribution >= 0.6 is 0 Å². The maximum absolute atomic E-state index is 9.43. The molecule has 0 aromatic carbocycles. The van der Waals surface area contributed by atoms with Crippen molar-refractivity contribution >= 4 is 6.41 Å². The van der Waals surface area contributed by atoms with Gasteiger partial charge in [0, 0.05) is 14.1 Å². The first kappa shape index (κ1) is 15.7. The Hall–Kier alpha value is 0.0274. The van der Waals surface area contributed by atoms with Crippen molar-refractivity contribution in [1.29, 1.82) is 0 Å². The Morgan fingerprint density at radius 1 is 1.43 bits per heavy atom. The zero-order valence-corrected chi connectivity index (χ0v) is 4.88. The van der Waals surface area contributed by atoms with Gasteiger partial charge in [-0.25, -0.2) is 0 Å². The van der Waals surface area contributed by atoms with Crippen molar-refractivity contribution in [3.63, 3.8) is 0 Å². The first-order valence-corrected chi connectivity index (χ1v) is 1.39. The fourth-order valence-electron chi connectivity index (χ4n) is 0. The van der Waals surface area contributed by atoms with E-state index in [4.69, 9.17) is 0 Å². The summed E-state index contributed by atoms with van der Waals surface area (Å²) in [6, 6.07) is 0. The number of amides is 1. The van der Waals surface area contributed by atoms with Gasteiger partial charge < -0.3 is 10.4 Å². The Morgan fingerprint density at radius 2 is 1.57 bits per heavy atom. The van der Waals surface area contributed by atoms with Crippen LogP contribution in [-0.4, -0.2) is 30.9 Å². The van der Waals surface area contributed by atoms with Crippen molar-refractivity contribution in [1.82, 2.24) is 4.90 Å². The van der Waals surface area contributed by atoms with Gasteiger partial charge in [0.25, 0.3) is 0 Å². The number of carbonyl (C=O) groups excluding carboxylic acids is 1.